The van der Waals surface area contributed by atoms with Crippen molar-refractivity contribution in [3.8, 4) is 0 Å². The SMILES string of the molecule is COC(=O)c1sccc1S(=O)(=O)N1CCCC(O)C1. The second-order valence-corrected chi connectivity index (χ2v) is 7.09. The van der Waals surface area contributed by atoms with Gasteiger partial charge in [-0.25, -0.2) is 13.2 Å². The molecule has 1 unspecified atom stereocenters. The fourth-order valence-electron chi connectivity index (χ4n) is 2.02. The van der Waals surface area contributed by atoms with Gasteiger partial charge in [0.05, 0.1) is 13.2 Å². The standard InChI is InChI=1S/C11H15NO5S2/c1-17-11(14)10-9(4-6-18-10)19(15,16)12-5-2-3-8(13)7-12/h4,6,8,13H,2-3,5,7H2,1H3. The van der Waals surface area contributed by atoms with Crippen molar-refractivity contribution in [2.24, 2.45) is 0 Å². The minimum absolute atomic E-state index is 0.0431. The third kappa shape index (κ3) is 2.81. The van der Waals surface area contributed by atoms with Crippen LogP contribution in [-0.4, -0.2) is 50.1 Å². The van der Waals surface area contributed by atoms with Crippen molar-refractivity contribution < 1.29 is 23.1 Å². The minimum atomic E-state index is -3.75. The van der Waals surface area contributed by atoms with Crippen LogP contribution in [0, 0.1) is 0 Å². The largest absolute Gasteiger partial charge is 0.465 e. The lowest BCUT2D eigenvalue weighted by molar-refractivity contribution is 0.0602. The number of ether oxygens (including phenoxy) is 1. The Hall–Kier alpha value is -0.960. The van der Waals surface area contributed by atoms with Crippen LogP contribution >= 0.6 is 11.3 Å². The zero-order valence-corrected chi connectivity index (χ0v) is 12.0. The van der Waals surface area contributed by atoms with Crippen molar-refractivity contribution in [2.75, 3.05) is 20.2 Å². The van der Waals surface area contributed by atoms with Gasteiger partial charge in [-0.2, -0.15) is 4.31 Å². The maximum absolute atomic E-state index is 12.4. The maximum atomic E-state index is 12.4. The lowest BCUT2D eigenvalue weighted by Gasteiger charge is -2.29. The van der Waals surface area contributed by atoms with Gasteiger partial charge < -0.3 is 9.84 Å². The van der Waals surface area contributed by atoms with Gasteiger partial charge in [0.15, 0.2) is 0 Å². The lowest BCUT2D eigenvalue weighted by atomic mass is 10.1. The summed E-state index contributed by atoms with van der Waals surface area (Å²) in [6.45, 7) is 0.425. The van der Waals surface area contributed by atoms with E-state index in [2.05, 4.69) is 4.74 Å². The topological polar surface area (TPSA) is 83.9 Å². The summed E-state index contributed by atoms with van der Waals surface area (Å²) in [6, 6.07) is 1.40. The smallest absolute Gasteiger partial charge is 0.349 e. The number of piperidine rings is 1. The van der Waals surface area contributed by atoms with Crippen molar-refractivity contribution in [3.05, 3.63) is 16.3 Å². The summed E-state index contributed by atoms with van der Waals surface area (Å²) in [4.78, 5) is 11.6. The highest BCUT2D eigenvalue weighted by Gasteiger charge is 2.33. The highest BCUT2D eigenvalue weighted by atomic mass is 32.2. The van der Waals surface area contributed by atoms with Crippen molar-refractivity contribution in [2.45, 2.75) is 23.8 Å². The number of thiophene rings is 1. The van der Waals surface area contributed by atoms with Gasteiger partial charge in [-0.05, 0) is 24.3 Å². The van der Waals surface area contributed by atoms with Crippen molar-refractivity contribution >= 4 is 27.3 Å². The third-order valence-corrected chi connectivity index (χ3v) is 5.91. The molecule has 1 aromatic heterocycles. The molecule has 0 saturated carbocycles. The first-order chi connectivity index (χ1) is 8.96. The Labute approximate surface area is 115 Å². The molecule has 0 spiro atoms. The summed E-state index contributed by atoms with van der Waals surface area (Å²) >= 11 is 1.03. The quantitative estimate of drug-likeness (QED) is 0.830. The number of β-amino-alcohol motifs (C(OH)–C–C–N with tert-alkyl or cyclic N) is 1. The maximum Gasteiger partial charge on any atom is 0.349 e. The van der Waals surface area contributed by atoms with Crippen LogP contribution in [0.4, 0.5) is 0 Å². The number of carbonyl (C=O) groups is 1. The third-order valence-electron chi connectivity index (χ3n) is 2.98. The molecule has 2 rings (SSSR count). The Morgan fingerprint density at radius 3 is 2.95 bits per heavy atom. The fraction of sp³-hybridized carbons (Fsp3) is 0.545. The Balaban J connectivity index is 2.34. The number of esters is 1. The molecule has 0 aromatic carbocycles. The molecule has 0 aliphatic carbocycles. The molecule has 2 heterocycles. The highest BCUT2D eigenvalue weighted by molar-refractivity contribution is 7.89. The van der Waals surface area contributed by atoms with Gasteiger partial charge in [0.2, 0.25) is 10.0 Å². The number of aliphatic hydroxyl groups is 1. The van der Waals surface area contributed by atoms with Gasteiger partial charge in [0, 0.05) is 13.1 Å². The lowest BCUT2D eigenvalue weighted by Crippen LogP contribution is -2.42. The zero-order valence-electron chi connectivity index (χ0n) is 10.4. The van der Waals surface area contributed by atoms with Crippen LogP contribution in [0.2, 0.25) is 0 Å². The fourth-order valence-corrected chi connectivity index (χ4v) is 4.84. The van der Waals surface area contributed by atoms with E-state index in [1.807, 2.05) is 0 Å². The number of rotatable bonds is 3. The Morgan fingerprint density at radius 2 is 2.32 bits per heavy atom. The molecule has 1 aliphatic heterocycles. The van der Waals surface area contributed by atoms with E-state index < -0.39 is 22.1 Å². The molecule has 1 aliphatic rings. The number of methoxy groups -OCH3 is 1. The molecule has 1 N–H and O–H groups in total. The number of hydrogen-bond donors (Lipinski definition) is 1. The summed E-state index contributed by atoms with van der Waals surface area (Å²) in [5.41, 5.74) is 0. The first kappa shape index (κ1) is 14.4. The van der Waals surface area contributed by atoms with Crippen LogP contribution in [0.1, 0.15) is 22.5 Å². The average Bonchev–Trinajstić information content (AvgIpc) is 2.87. The number of nitrogens with zero attached hydrogens (tertiary/aromatic N) is 1. The number of carbonyl (C=O) groups excluding carboxylic acids is 1. The van der Waals surface area contributed by atoms with Gasteiger partial charge >= 0.3 is 5.97 Å². The van der Waals surface area contributed by atoms with Crippen LogP contribution in [0.3, 0.4) is 0 Å². The number of hydrogen-bond acceptors (Lipinski definition) is 6. The van der Waals surface area contributed by atoms with Crippen LogP contribution in [0.15, 0.2) is 16.3 Å². The van der Waals surface area contributed by atoms with E-state index in [4.69, 9.17) is 0 Å². The van der Waals surface area contributed by atoms with Crippen molar-refractivity contribution in [3.63, 3.8) is 0 Å². The Bertz CT molecular complexity index is 565. The van der Waals surface area contributed by atoms with E-state index >= 15 is 0 Å². The zero-order chi connectivity index (χ0) is 14.0. The molecule has 0 amide bonds. The molecule has 8 heteroatoms. The molecule has 1 atom stereocenters. The van der Waals surface area contributed by atoms with E-state index in [0.29, 0.717) is 19.4 Å². The van der Waals surface area contributed by atoms with Gasteiger partial charge in [-0.15, -0.1) is 11.3 Å². The molecule has 6 nitrogen and oxygen atoms in total. The van der Waals surface area contributed by atoms with Gasteiger partial charge in [-0.1, -0.05) is 0 Å². The monoisotopic (exact) mass is 305 g/mol. The van der Waals surface area contributed by atoms with Gasteiger partial charge in [0.1, 0.15) is 9.77 Å². The van der Waals surface area contributed by atoms with Crippen LogP contribution in [0.5, 0.6) is 0 Å². The first-order valence-corrected chi connectivity index (χ1v) is 8.13. The molecular formula is C11H15NO5S2. The molecule has 1 aromatic rings. The van der Waals surface area contributed by atoms with E-state index in [0.717, 1.165) is 11.3 Å². The summed E-state index contributed by atoms with van der Waals surface area (Å²) in [7, 11) is -2.54. The first-order valence-electron chi connectivity index (χ1n) is 5.81. The Morgan fingerprint density at radius 1 is 1.58 bits per heavy atom. The molecular weight excluding hydrogens is 290 g/mol. The van der Waals surface area contributed by atoms with E-state index in [9.17, 15) is 18.3 Å². The molecule has 1 saturated heterocycles. The van der Waals surface area contributed by atoms with Crippen LogP contribution in [-0.2, 0) is 14.8 Å². The second-order valence-electron chi connectivity index (χ2n) is 4.26. The number of sulfonamides is 1. The highest BCUT2D eigenvalue weighted by Crippen LogP contribution is 2.27. The molecule has 106 valence electrons. The predicted octanol–water partition coefficient (Wildman–Crippen LogP) is 0.680. The van der Waals surface area contributed by atoms with Crippen molar-refractivity contribution in [1.29, 1.82) is 0 Å². The molecule has 0 radical (unpaired) electrons. The summed E-state index contributed by atoms with van der Waals surface area (Å²) < 4.78 is 30.7. The van der Waals surface area contributed by atoms with E-state index in [1.165, 1.54) is 17.5 Å². The average molecular weight is 305 g/mol. The minimum Gasteiger partial charge on any atom is -0.465 e. The van der Waals surface area contributed by atoms with Crippen LogP contribution < -0.4 is 0 Å². The summed E-state index contributed by atoms with van der Waals surface area (Å²) in [5, 5.41) is 11.1. The van der Waals surface area contributed by atoms with Crippen LogP contribution in [0.25, 0.3) is 0 Å². The molecule has 0 bridgehead atoms. The van der Waals surface area contributed by atoms with E-state index in [-0.39, 0.29) is 16.3 Å². The molecule has 1 fully saturated rings. The number of aliphatic hydroxyl groups excluding tert-OH is 1. The second kappa shape index (κ2) is 5.58. The molecule has 19 heavy (non-hydrogen) atoms. The van der Waals surface area contributed by atoms with Crippen molar-refractivity contribution in [1.82, 2.24) is 4.31 Å². The normalized spacial score (nSPS) is 21.3. The Kier molecular flexibility index (Phi) is 4.24. The predicted molar refractivity (Wildman–Crippen MR) is 69.7 cm³/mol. The summed E-state index contributed by atoms with van der Waals surface area (Å²) in [5.74, 6) is -0.661. The van der Waals surface area contributed by atoms with E-state index in [1.54, 1.807) is 5.38 Å². The van der Waals surface area contributed by atoms with Gasteiger partial charge in [0.25, 0.3) is 0 Å². The van der Waals surface area contributed by atoms with Gasteiger partial charge in [-0.3, -0.25) is 0 Å². The summed E-state index contributed by atoms with van der Waals surface area (Å²) in [6.07, 6.45) is 0.557.